The summed E-state index contributed by atoms with van der Waals surface area (Å²) in [5, 5.41) is 6.73. The van der Waals surface area contributed by atoms with Gasteiger partial charge in [-0.25, -0.2) is 15.0 Å². The van der Waals surface area contributed by atoms with E-state index in [0.29, 0.717) is 12.5 Å². The number of halogens is 1. The van der Waals surface area contributed by atoms with Gasteiger partial charge in [-0.2, -0.15) is 0 Å². The lowest BCUT2D eigenvalue weighted by molar-refractivity contribution is 0.699. The van der Waals surface area contributed by atoms with Crippen molar-refractivity contribution in [1.82, 2.24) is 25.2 Å². The fourth-order valence-corrected chi connectivity index (χ4v) is 2.72. The van der Waals surface area contributed by atoms with Crippen LogP contribution in [0.15, 0.2) is 72.4 Å². The molecule has 0 aliphatic heterocycles. The molecule has 0 saturated carbocycles. The van der Waals surface area contributed by atoms with E-state index in [-0.39, 0.29) is 24.0 Å². The Bertz CT molecular complexity index is 831. The second kappa shape index (κ2) is 11.4. The van der Waals surface area contributed by atoms with Gasteiger partial charge in [0.15, 0.2) is 5.96 Å². The highest BCUT2D eigenvalue weighted by Gasteiger charge is 2.06. The maximum Gasteiger partial charge on any atom is 0.191 e. The summed E-state index contributed by atoms with van der Waals surface area (Å²) in [5.74, 6) is 2.08. The molecule has 3 aromatic rings. The average molecular weight is 490 g/mol. The van der Waals surface area contributed by atoms with Gasteiger partial charge in [0, 0.05) is 31.7 Å². The van der Waals surface area contributed by atoms with E-state index in [0.717, 1.165) is 30.4 Å². The van der Waals surface area contributed by atoms with Crippen molar-refractivity contribution in [2.75, 3.05) is 13.1 Å². The van der Waals surface area contributed by atoms with Gasteiger partial charge in [-0.1, -0.05) is 43.3 Å². The quantitative estimate of drug-likeness (QED) is 0.301. The largest absolute Gasteiger partial charge is 0.357 e. The Morgan fingerprint density at radius 1 is 1.14 bits per heavy atom. The highest BCUT2D eigenvalue weighted by molar-refractivity contribution is 14.0. The number of guanidine groups is 1. The minimum atomic E-state index is 0. The number of pyridine rings is 1. The number of hydrogen-bond acceptors (Lipinski definition) is 3. The van der Waals surface area contributed by atoms with Crippen LogP contribution in [-0.4, -0.2) is 33.6 Å². The number of imidazole rings is 1. The lowest BCUT2D eigenvalue weighted by Crippen LogP contribution is -2.39. The van der Waals surface area contributed by atoms with Gasteiger partial charge in [0.05, 0.1) is 6.54 Å². The predicted octanol–water partition coefficient (Wildman–Crippen LogP) is 3.74. The Labute approximate surface area is 183 Å². The van der Waals surface area contributed by atoms with Crippen LogP contribution in [-0.2, 0) is 6.54 Å². The van der Waals surface area contributed by atoms with Crippen LogP contribution in [0.25, 0.3) is 5.82 Å². The van der Waals surface area contributed by atoms with Crippen LogP contribution in [0.1, 0.15) is 30.9 Å². The minimum absolute atomic E-state index is 0. The molecule has 2 aromatic heterocycles. The van der Waals surface area contributed by atoms with Crippen LogP contribution >= 0.6 is 24.0 Å². The van der Waals surface area contributed by atoms with Gasteiger partial charge in [0.25, 0.3) is 0 Å². The van der Waals surface area contributed by atoms with Gasteiger partial charge < -0.3 is 10.6 Å². The first kappa shape index (κ1) is 21.9. The molecule has 0 aliphatic rings. The van der Waals surface area contributed by atoms with E-state index in [1.807, 2.05) is 35.2 Å². The highest BCUT2D eigenvalue weighted by atomic mass is 127. The summed E-state index contributed by atoms with van der Waals surface area (Å²) >= 11 is 0. The van der Waals surface area contributed by atoms with Crippen LogP contribution < -0.4 is 10.6 Å². The Hall–Kier alpha value is -2.42. The number of aromatic nitrogens is 3. The molecular weight excluding hydrogens is 463 g/mol. The monoisotopic (exact) mass is 490 g/mol. The van der Waals surface area contributed by atoms with Gasteiger partial charge >= 0.3 is 0 Å². The van der Waals surface area contributed by atoms with E-state index >= 15 is 0 Å². The Kier molecular flexibility index (Phi) is 8.93. The average Bonchev–Trinajstić information content (AvgIpc) is 3.26. The van der Waals surface area contributed by atoms with Crippen molar-refractivity contribution in [2.45, 2.75) is 26.3 Å². The molecule has 0 amide bonds. The maximum atomic E-state index is 4.68. The number of rotatable bonds is 7. The van der Waals surface area contributed by atoms with Gasteiger partial charge in [-0.3, -0.25) is 4.57 Å². The summed E-state index contributed by atoms with van der Waals surface area (Å²) in [6, 6.07) is 14.5. The molecule has 1 aromatic carbocycles. The standard InChI is InChI=1S/C21H26N6.HI/c1-3-23-21(25-13-17(2)19-7-5-4-6-8-19)26-15-18-9-10-20(24-14-18)27-12-11-22-16-27;/h4-12,14,16-17H,3,13,15H2,1-2H3,(H2,23,25,26);1H. The van der Waals surface area contributed by atoms with Crippen molar-refractivity contribution in [2.24, 2.45) is 4.99 Å². The van der Waals surface area contributed by atoms with E-state index < -0.39 is 0 Å². The molecule has 148 valence electrons. The summed E-state index contributed by atoms with van der Waals surface area (Å²) in [7, 11) is 0. The molecule has 0 bridgehead atoms. The van der Waals surface area contributed by atoms with Crippen molar-refractivity contribution in [1.29, 1.82) is 0 Å². The Morgan fingerprint density at radius 3 is 2.61 bits per heavy atom. The van der Waals surface area contributed by atoms with Crippen LogP contribution in [0.3, 0.4) is 0 Å². The van der Waals surface area contributed by atoms with Crippen LogP contribution in [0.4, 0.5) is 0 Å². The smallest absolute Gasteiger partial charge is 0.191 e. The molecule has 1 unspecified atom stereocenters. The van der Waals surface area contributed by atoms with Crippen molar-refractivity contribution in [3.8, 4) is 5.82 Å². The topological polar surface area (TPSA) is 67.1 Å². The first-order valence-corrected chi connectivity index (χ1v) is 9.26. The number of hydrogen-bond donors (Lipinski definition) is 2. The van der Waals surface area contributed by atoms with Crippen molar-refractivity contribution < 1.29 is 0 Å². The fraction of sp³-hybridized carbons (Fsp3) is 0.286. The third kappa shape index (κ3) is 6.33. The zero-order valence-electron chi connectivity index (χ0n) is 16.2. The summed E-state index contributed by atoms with van der Waals surface area (Å²) < 4.78 is 1.88. The number of aliphatic imine (C=N–C) groups is 1. The van der Waals surface area contributed by atoms with Gasteiger partial charge in [0.1, 0.15) is 12.1 Å². The molecule has 3 rings (SSSR count). The van der Waals surface area contributed by atoms with Crippen LogP contribution in [0, 0.1) is 0 Å². The van der Waals surface area contributed by atoms with Crippen LogP contribution in [0.5, 0.6) is 0 Å². The van der Waals surface area contributed by atoms with E-state index in [9.17, 15) is 0 Å². The third-order valence-corrected chi connectivity index (χ3v) is 4.29. The molecule has 0 radical (unpaired) electrons. The van der Waals surface area contributed by atoms with Gasteiger partial charge in [-0.05, 0) is 30.0 Å². The highest BCUT2D eigenvalue weighted by Crippen LogP contribution is 2.13. The molecule has 0 aliphatic carbocycles. The van der Waals surface area contributed by atoms with E-state index in [1.165, 1.54) is 5.56 Å². The van der Waals surface area contributed by atoms with E-state index in [1.54, 1.807) is 12.5 Å². The fourth-order valence-electron chi connectivity index (χ4n) is 2.72. The van der Waals surface area contributed by atoms with Crippen molar-refractivity contribution >= 4 is 29.9 Å². The first-order chi connectivity index (χ1) is 13.3. The summed E-state index contributed by atoms with van der Waals surface area (Å²) in [5.41, 5.74) is 2.38. The zero-order valence-corrected chi connectivity index (χ0v) is 18.6. The molecular formula is C21H27IN6. The predicted molar refractivity (Wildman–Crippen MR) is 124 cm³/mol. The van der Waals surface area contributed by atoms with Gasteiger partial charge in [0.2, 0.25) is 0 Å². The summed E-state index contributed by atoms with van der Waals surface area (Å²) in [6.07, 6.45) is 7.21. The van der Waals surface area contributed by atoms with E-state index in [2.05, 4.69) is 63.7 Å². The zero-order chi connectivity index (χ0) is 18.9. The molecule has 2 heterocycles. The number of nitrogens with one attached hydrogen (secondary N) is 2. The Balaban J connectivity index is 0.00000280. The SMILES string of the molecule is CCNC(=NCc1ccc(-n2ccnc2)nc1)NCC(C)c1ccccc1.I. The molecule has 0 fully saturated rings. The first-order valence-electron chi connectivity index (χ1n) is 9.26. The minimum Gasteiger partial charge on any atom is -0.357 e. The second-order valence-corrected chi connectivity index (χ2v) is 6.38. The molecule has 7 heteroatoms. The van der Waals surface area contributed by atoms with Crippen LogP contribution in [0.2, 0.25) is 0 Å². The molecule has 2 N–H and O–H groups in total. The normalized spacial score (nSPS) is 12.1. The number of nitrogens with zero attached hydrogens (tertiary/aromatic N) is 4. The summed E-state index contributed by atoms with van der Waals surface area (Å²) in [6.45, 7) is 6.51. The molecule has 6 nitrogen and oxygen atoms in total. The Morgan fingerprint density at radius 2 is 1.96 bits per heavy atom. The van der Waals surface area contributed by atoms with Crippen molar-refractivity contribution in [3.05, 3.63) is 78.5 Å². The van der Waals surface area contributed by atoms with Crippen molar-refractivity contribution in [3.63, 3.8) is 0 Å². The van der Waals surface area contributed by atoms with E-state index in [4.69, 9.17) is 0 Å². The molecule has 0 saturated heterocycles. The van der Waals surface area contributed by atoms with Gasteiger partial charge in [-0.15, -0.1) is 24.0 Å². The lowest BCUT2D eigenvalue weighted by atomic mass is 10.0. The summed E-state index contributed by atoms with van der Waals surface area (Å²) in [4.78, 5) is 13.2. The maximum absolute atomic E-state index is 4.68. The molecule has 0 spiro atoms. The second-order valence-electron chi connectivity index (χ2n) is 6.38. The third-order valence-electron chi connectivity index (χ3n) is 4.29. The molecule has 1 atom stereocenters. The number of benzene rings is 1. The lowest BCUT2D eigenvalue weighted by Gasteiger charge is -2.16. The molecule has 28 heavy (non-hydrogen) atoms.